The molecule has 3 heterocycles. The topological polar surface area (TPSA) is 76.6 Å². The zero-order valence-electron chi connectivity index (χ0n) is 15.1. The quantitative estimate of drug-likeness (QED) is 0.633. The Bertz CT molecular complexity index is 625. The number of alkyl halides is 1. The van der Waals surface area contributed by atoms with Gasteiger partial charge in [-0.25, -0.2) is 9.97 Å². The van der Waals surface area contributed by atoms with Gasteiger partial charge >= 0.3 is 7.12 Å². The van der Waals surface area contributed by atoms with Gasteiger partial charge in [0.15, 0.2) is 0 Å². The van der Waals surface area contributed by atoms with Crippen LogP contribution in [0.3, 0.4) is 0 Å². The van der Waals surface area contributed by atoms with Crippen LogP contribution < -0.4 is 10.8 Å². The van der Waals surface area contributed by atoms with E-state index in [1.807, 2.05) is 27.7 Å². The standard InChI is InChI=1S/C16H24BClN4O3/c1-15(2)16(3,4)25-17(24-15)11-8-19-14(20-9-11)21-12-5-6-22(10-12)13(23)7-18/h8-9,12H,5-7,10H2,1-4H3,(H,19,20,21). The van der Waals surface area contributed by atoms with Crippen molar-refractivity contribution >= 4 is 36.0 Å². The molecule has 0 saturated carbocycles. The lowest BCUT2D eigenvalue weighted by Crippen LogP contribution is -2.41. The summed E-state index contributed by atoms with van der Waals surface area (Å²) < 4.78 is 12.0. The molecule has 7 nitrogen and oxygen atoms in total. The van der Waals surface area contributed by atoms with E-state index in [0.29, 0.717) is 19.0 Å². The molecule has 1 N–H and O–H groups in total. The Morgan fingerprint density at radius 3 is 2.48 bits per heavy atom. The maximum atomic E-state index is 11.6. The van der Waals surface area contributed by atoms with Crippen LogP contribution in [-0.4, -0.2) is 64.1 Å². The van der Waals surface area contributed by atoms with Gasteiger partial charge < -0.3 is 19.5 Å². The molecule has 0 radical (unpaired) electrons. The number of halogens is 1. The number of likely N-dealkylation sites (tertiary alicyclic amines) is 1. The number of amides is 1. The lowest BCUT2D eigenvalue weighted by Gasteiger charge is -2.32. The molecular formula is C16H24BClN4O3. The van der Waals surface area contributed by atoms with E-state index in [4.69, 9.17) is 20.9 Å². The number of hydrogen-bond acceptors (Lipinski definition) is 6. The highest BCUT2D eigenvalue weighted by atomic mass is 35.5. The number of carbonyl (C=O) groups is 1. The smallest absolute Gasteiger partial charge is 0.399 e. The SMILES string of the molecule is CC1(C)OB(c2cnc(NC3CCN(C(=O)CCl)C3)nc2)OC1(C)C. The van der Waals surface area contributed by atoms with Gasteiger partial charge in [0.1, 0.15) is 5.88 Å². The highest BCUT2D eigenvalue weighted by Gasteiger charge is 2.51. The van der Waals surface area contributed by atoms with Crippen LogP contribution >= 0.6 is 11.6 Å². The first kappa shape index (κ1) is 18.4. The van der Waals surface area contributed by atoms with Gasteiger partial charge in [0, 0.05) is 37.0 Å². The number of rotatable bonds is 4. The van der Waals surface area contributed by atoms with Crippen LogP contribution in [0.15, 0.2) is 12.4 Å². The Hall–Kier alpha value is -1.38. The highest BCUT2D eigenvalue weighted by molar-refractivity contribution is 6.61. The van der Waals surface area contributed by atoms with E-state index in [-0.39, 0.29) is 17.8 Å². The third kappa shape index (κ3) is 3.76. The first-order valence-corrected chi connectivity index (χ1v) is 9.03. The summed E-state index contributed by atoms with van der Waals surface area (Å²) in [6.07, 6.45) is 4.28. The molecule has 0 bridgehead atoms. The molecule has 1 unspecified atom stereocenters. The molecule has 3 rings (SSSR count). The van der Waals surface area contributed by atoms with Crippen molar-refractivity contribution in [1.29, 1.82) is 0 Å². The lowest BCUT2D eigenvalue weighted by atomic mass is 9.81. The predicted octanol–water partition coefficient (Wildman–Crippen LogP) is 1.03. The molecule has 1 amide bonds. The molecule has 25 heavy (non-hydrogen) atoms. The van der Waals surface area contributed by atoms with Gasteiger partial charge in [-0.05, 0) is 34.1 Å². The minimum Gasteiger partial charge on any atom is -0.399 e. The molecule has 2 aliphatic rings. The molecule has 2 aliphatic heterocycles. The van der Waals surface area contributed by atoms with Gasteiger partial charge in [0.05, 0.1) is 11.2 Å². The summed E-state index contributed by atoms with van der Waals surface area (Å²) in [5.74, 6) is 0.514. The van der Waals surface area contributed by atoms with Gasteiger partial charge in [0.2, 0.25) is 11.9 Å². The largest absolute Gasteiger partial charge is 0.498 e. The summed E-state index contributed by atoms with van der Waals surface area (Å²) in [6, 6.07) is 0.134. The third-order valence-electron chi connectivity index (χ3n) is 5.19. The summed E-state index contributed by atoms with van der Waals surface area (Å²) in [6.45, 7) is 9.37. The summed E-state index contributed by atoms with van der Waals surface area (Å²) in [5, 5.41) is 3.26. The number of aromatic nitrogens is 2. The number of nitrogens with one attached hydrogen (secondary N) is 1. The zero-order chi connectivity index (χ0) is 18.2. The molecule has 2 fully saturated rings. The molecule has 2 saturated heterocycles. The van der Waals surface area contributed by atoms with Gasteiger partial charge in [-0.2, -0.15) is 0 Å². The van der Waals surface area contributed by atoms with Gasteiger partial charge in [-0.1, -0.05) is 0 Å². The fourth-order valence-electron chi connectivity index (χ4n) is 2.89. The second-order valence-electron chi connectivity index (χ2n) is 7.53. The Kier molecular flexibility index (Phi) is 4.96. The molecule has 0 aliphatic carbocycles. The maximum absolute atomic E-state index is 11.6. The summed E-state index contributed by atoms with van der Waals surface area (Å²) in [7, 11) is -0.470. The molecular weight excluding hydrogens is 342 g/mol. The van der Waals surface area contributed by atoms with Crippen LogP contribution in [0.4, 0.5) is 5.95 Å². The van der Waals surface area contributed by atoms with E-state index in [0.717, 1.165) is 11.9 Å². The van der Waals surface area contributed by atoms with Crippen molar-refractivity contribution in [2.45, 2.75) is 51.4 Å². The molecule has 0 spiro atoms. The first-order valence-electron chi connectivity index (χ1n) is 8.50. The van der Waals surface area contributed by atoms with E-state index < -0.39 is 18.3 Å². The maximum Gasteiger partial charge on any atom is 0.498 e. The molecule has 0 aromatic carbocycles. The Balaban J connectivity index is 1.60. The normalized spacial score (nSPS) is 24.6. The fraction of sp³-hybridized carbons (Fsp3) is 0.688. The van der Waals surface area contributed by atoms with E-state index >= 15 is 0 Å². The van der Waals surface area contributed by atoms with Crippen LogP contribution in [0.25, 0.3) is 0 Å². The second kappa shape index (κ2) is 6.74. The summed E-state index contributed by atoms with van der Waals surface area (Å²) >= 11 is 5.60. The molecule has 136 valence electrons. The fourth-order valence-corrected chi connectivity index (χ4v) is 3.05. The van der Waals surface area contributed by atoms with Crippen molar-refractivity contribution in [3.05, 3.63) is 12.4 Å². The predicted molar refractivity (Wildman–Crippen MR) is 97.1 cm³/mol. The van der Waals surface area contributed by atoms with Crippen LogP contribution in [0.5, 0.6) is 0 Å². The van der Waals surface area contributed by atoms with Crippen LogP contribution in [-0.2, 0) is 14.1 Å². The van der Waals surface area contributed by atoms with Crippen molar-refractivity contribution in [1.82, 2.24) is 14.9 Å². The monoisotopic (exact) mass is 366 g/mol. The van der Waals surface area contributed by atoms with E-state index in [1.165, 1.54) is 0 Å². The van der Waals surface area contributed by atoms with Gasteiger partial charge in [0.25, 0.3) is 0 Å². The second-order valence-corrected chi connectivity index (χ2v) is 7.80. The molecule has 1 aromatic heterocycles. The molecule has 1 aromatic rings. The van der Waals surface area contributed by atoms with Gasteiger partial charge in [-0.15, -0.1) is 11.6 Å². The Morgan fingerprint density at radius 2 is 1.92 bits per heavy atom. The van der Waals surface area contributed by atoms with Crippen molar-refractivity contribution in [3.8, 4) is 0 Å². The molecule has 9 heteroatoms. The third-order valence-corrected chi connectivity index (χ3v) is 5.41. The summed E-state index contributed by atoms with van der Waals surface area (Å²) in [5.41, 5.74) is 0.00261. The average molecular weight is 367 g/mol. The van der Waals surface area contributed by atoms with Crippen LogP contribution in [0, 0.1) is 0 Å². The van der Waals surface area contributed by atoms with Crippen molar-refractivity contribution in [2.24, 2.45) is 0 Å². The zero-order valence-corrected chi connectivity index (χ0v) is 15.8. The number of carbonyl (C=O) groups excluding carboxylic acids is 1. The number of anilines is 1. The van der Waals surface area contributed by atoms with E-state index in [9.17, 15) is 4.79 Å². The van der Waals surface area contributed by atoms with Crippen LogP contribution in [0.2, 0.25) is 0 Å². The van der Waals surface area contributed by atoms with Crippen LogP contribution in [0.1, 0.15) is 34.1 Å². The van der Waals surface area contributed by atoms with Gasteiger partial charge in [-0.3, -0.25) is 4.79 Å². The summed E-state index contributed by atoms with van der Waals surface area (Å²) in [4.78, 5) is 22.1. The minimum absolute atomic E-state index is 0.0198. The van der Waals surface area contributed by atoms with Crippen molar-refractivity contribution < 1.29 is 14.1 Å². The van der Waals surface area contributed by atoms with E-state index in [1.54, 1.807) is 17.3 Å². The Labute approximate surface area is 153 Å². The number of nitrogens with zero attached hydrogens (tertiary/aromatic N) is 3. The highest BCUT2D eigenvalue weighted by Crippen LogP contribution is 2.36. The van der Waals surface area contributed by atoms with Crippen molar-refractivity contribution in [2.75, 3.05) is 24.3 Å². The Morgan fingerprint density at radius 1 is 1.32 bits per heavy atom. The molecule has 1 atom stereocenters. The van der Waals surface area contributed by atoms with Crippen molar-refractivity contribution in [3.63, 3.8) is 0 Å². The first-order chi connectivity index (χ1) is 11.7. The average Bonchev–Trinajstić information content (AvgIpc) is 3.10. The number of hydrogen-bond donors (Lipinski definition) is 1. The van der Waals surface area contributed by atoms with E-state index in [2.05, 4.69) is 15.3 Å². The lowest BCUT2D eigenvalue weighted by molar-refractivity contribution is -0.127. The minimum atomic E-state index is -0.470.